The molecule has 2 aromatic rings. The highest BCUT2D eigenvalue weighted by Crippen LogP contribution is 2.15. The van der Waals surface area contributed by atoms with Crippen LogP contribution in [0.2, 0.25) is 0 Å². The van der Waals surface area contributed by atoms with E-state index in [-0.39, 0.29) is 5.75 Å². The van der Waals surface area contributed by atoms with Crippen LogP contribution < -0.4 is 10.6 Å². The van der Waals surface area contributed by atoms with Crippen LogP contribution in [-0.2, 0) is 4.74 Å². The maximum atomic E-state index is 11.8. The first-order chi connectivity index (χ1) is 10.1. The second kappa shape index (κ2) is 6.42. The number of carbonyl (C=O) groups excluding carboxylic acids is 2. The SMILES string of the molecule is COC(=O)c1ccc(NC(=O)Nc2ccc(O)cc2)cc1. The molecular weight excluding hydrogens is 272 g/mol. The lowest BCUT2D eigenvalue weighted by Crippen LogP contribution is -2.19. The number of hydrogen-bond acceptors (Lipinski definition) is 4. The Kier molecular flexibility index (Phi) is 4.40. The number of phenols is 1. The van der Waals surface area contributed by atoms with Gasteiger partial charge in [-0.3, -0.25) is 0 Å². The van der Waals surface area contributed by atoms with Gasteiger partial charge in [0.05, 0.1) is 12.7 Å². The molecule has 6 heteroatoms. The predicted octanol–water partition coefficient (Wildman–Crippen LogP) is 2.82. The number of rotatable bonds is 3. The number of urea groups is 1. The van der Waals surface area contributed by atoms with Crippen molar-refractivity contribution >= 4 is 23.4 Å². The van der Waals surface area contributed by atoms with Crippen LogP contribution in [0.5, 0.6) is 5.75 Å². The quantitative estimate of drug-likeness (QED) is 0.598. The summed E-state index contributed by atoms with van der Waals surface area (Å²) in [6, 6.07) is 12.0. The van der Waals surface area contributed by atoms with Crippen LogP contribution in [-0.4, -0.2) is 24.2 Å². The molecule has 2 rings (SSSR count). The van der Waals surface area contributed by atoms with E-state index in [0.717, 1.165) is 0 Å². The van der Waals surface area contributed by atoms with E-state index in [9.17, 15) is 9.59 Å². The van der Waals surface area contributed by atoms with Crippen LogP contribution in [0.25, 0.3) is 0 Å². The Bertz CT molecular complexity index is 636. The molecule has 0 saturated heterocycles. The average Bonchev–Trinajstić information content (AvgIpc) is 2.49. The van der Waals surface area contributed by atoms with Crippen molar-refractivity contribution in [1.82, 2.24) is 0 Å². The van der Waals surface area contributed by atoms with Crippen molar-refractivity contribution in [2.24, 2.45) is 0 Å². The van der Waals surface area contributed by atoms with Crippen LogP contribution in [0.15, 0.2) is 48.5 Å². The molecule has 3 N–H and O–H groups in total. The smallest absolute Gasteiger partial charge is 0.337 e. The molecule has 0 atom stereocenters. The monoisotopic (exact) mass is 286 g/mol. The van der Waals surface area contributed by atoms with Gasteiger partial charge in [-0.2, -0.15) is 0 Å². The number of aromatic hydroxyl groups is 1. The van der Waals surface area contributed by atoms with E-state index < -0.39 is 12.0 Å². The standard InChI is InChI=1S/C15H14N2O4/c1-21-14(19)10-2-4-11(5-3-10)16-15(20)17-12-6-8-13(18)9-7-12/h2-9,18H,1H3,(H2,16,17,20). The second-order valence-electron chi connectivity index (χ2n) is 4.19. The van der Waals surface area contributed by atoms with Gasteiger partial charge in [0, 0.05) is 11.4 Å². The third kappa shape index (κ3) is 3.97. The summed E-state index contributed by atoms with van der Waals surface area (Å²) in [6.45, 7) is 0. The highest BCUT2D eigenvalue weighted by molar-refractivity contribution is 6.00. The van der Waals surface area contributed by atoms with E-state index in [2.05, 4.69) is 15.4 Å². The van der Waals surface area contributed by atoms with E-state index in [1.54, 1.807) is 36.4 Å². The Hall–Kier alpha value is -3.02. The molecule has 0 unspecified atom stereocenters. The molecule has 0 aliphatic rings. The average molecular weight is 286 g/mol. The fraction of sp³-hybridized carbons (Fsp3) is 0.0667. The predicted molar refractivity (Wildman–Crippen MR) is 78.5 cm³/mol. The Morgan fingerprint density at radius 1 is 0.905 bits per heavy atom. The molecule has 0 aliphatic carbocycles. The number of nitrogens with one attached hydrogen (secondary N) is 2. The van der Waals surface area contributed by atoms with Crippen molar-refractivity contribution in [3.63, 3.8) is 0 Å². The molecule has 0 fully saturated rings. The van der Waals surface area contributed by atoms with E-state index >= 15 is 0 Å². The lowest BCUT2D eigenvalue weighted by atomic mass is 10.2. The van der Waals surface area contributed by atoms with Crippen LogP contribution in [0.1, 0.15) is 10.4 Å². The topological polar surface area (TPSA) is 87.7 Å². The van der Waals surface area contributed by atoms with Crippen molar-refractivity contribution in [1.29, 1.82) is 0 Å². The summed E-state index contributed by atoms with van der Waals surface area (Å²) in [6.07, 6.45) is 0. The number of esters is 1. The van der Waals surface area contributed by atoms with Crippen molar-refractivity contribution in [3.05, 3.63) is 54.1 Å². The largest absolute Gasteiger partial charge is 0.508 e. The summed E-state index contributed by atoms with van der Waals surface area (Å²) in [7, 11) is 1.31. The molecule has 0 heterocycles. The third-order valence-corrected chi connectivity index (χ3v) is 2.69. The number of methoxy groups -OCH3 is 1. The number of ether oxygens (including phenoxy) is 1. The molecular formula is C15H14N2O4. The summed E-state index contributed by atoms with van der Waals surface area (Å²) in [5.74, 6) is -0.311. The first-order valence-electron chi connectivity index (χ1n) is 6.14. The number of hydrogen-bond donors (Lipinski definition) is 3. The third-order valence-electron chi connectivity index (χ3n) is 2.69. The molecule has 6 nitrogen and oxygen atoms in total. The number of benzene rings is 2. The van der Waals surface area contributed by atoms with Gasteiger partial charge in [-0.25, -0.2) is 9.59 Å². The maximum absolute atomic E-state index is 11.8. The number of anilines is 2. The van der Waals surface area contributed by atoms with Gasteiger partial charge in [-0.05, 0) is 48.5 Å². The van der Waals surface area contributed by atoms with Gasteiger partial charge in [0.2, 0.25) is 0 Å². The number of phenolic OH excluding ortho intramolecular Hbond substituents is 1. The summed E-state index contributed by atoms with van der Waals surface area (Å²) in [5, 5.41) is 14.4. The van der Waals surface area contributed by atoms with Gasteiger partial charge < -0.3 is 20.5 Å². The highest BCUT2D eigenvalue weighted by Gasteiger charge is 2.06. The minimum Gasteiger partial charge on any atom is -0.508 e. The number of carbonyl (C=O) groups is 2. The molecule has 0 spiro atoms. The van der Waals surface area contributed by atoms with E-state index in [1.165, 1.54) is 19.2 Å². The molecule has 0 radical (unpaired) electrons. The first-order valence-corrected chi connectivity index (χ1v) is 6.14. The molecule has 0 aliphatic heterocycles. The van der Waals surface area contributed by atoms with E-state index in [0.29, 0.717) is 16.9 Å². The first kappa shape index (κ1) is 14.4. The minimum atomic E-state index is -0.435. The molecule has 0 saturated carbocycles. The molecule has 0 aromatic heterocycles. The van der Waals surface area contributed by atoms with Gasteiger partial charge in [-0.15, -0.1) is 0 Å². The van der Waals surface area contributed by atoms with Crippen molar-refractivity contribution in [3.8, 4) is 5.75 Å². The summed E-state index contributed by atoms with van der Waals surface area (Å²) >= 11 is 0. The van der Waals surface area contributed by atoms with Crippen LogP contribution in [0.4, 0.5) is 16.2 Å². The zero-order valence-corrected chi connectivity index (χ0v) is 11.3. The molecule has 2 amide bonds. The Labute approximate surface area is 121 Å². The fourth-order valence-electron chi connectivity index (χ4n) is 1.65. The Morgan fingerprint density at radius 3 is 1.86 bits per heavy atom. The highest BCUT2D eigenvalue weighted by atomic mass is 16.5. The summed E-state index contributed by atoms with van der Waals surface area (Å²) < 4.78 is 4.59. The summed E-state index contributed by atoms with van der Waals surface area (Å²) in [5.41, 5.74) is 1.50. The molecule has 21 heavy (non-hydrogen) atoms. The normalized spacial score (nSPS) is 9.76. The maximum Gasteiger partial charge on any atom is 0.337 e. The Balaban J connectivity index is 1.96. The van der Waals surface area contributed by atoms with Crippen molar-refractivity contribution < 1.29 is 19.4 Å². The van der Waals surface area contributed by atoms with Crippen LogP contribution in [0.3, 0.4) is 0 Å². The van der Waals surface area contributed by atoms with Gasteiger partial charge in [0.25, 0.3) is 0 Å². The van der Waals surface area contributed by atoms with Gasteiger partial charge in [-0.1, -0.05) is 0 Å². The lowest BCUT2D eigenvalue weighted by molar-refractivity contribution is 0.0601. The van der Waals surface area contributed by atoms with Gasteiger partial charge >= 0.3 is 12.0 Å². The Morgan fingerprint density at radius 2 is 1.38 bits per heavy atom. The zero-order chi connectivity index (χ0) is 15.2. The molecule has 108 valence electrons. The van der Waals surface area contributed by atoms with Crippen molar-refractivity contribution in [2.75, 3.05) is 17.7 Å². The minimum absolute atomic E-state index is 0.124. The van der Waals surface area contributed by atoms with Crippen LogP contribution in [0, 0.1) is 0 Å². The fourth-order valence-corrected chi connectivity index (χ4v) is 1.65. The van der Waals surface area contributed by atoms with Gasteiger partial charge in [0.1, 0.15) is 5.75 Å². The summed E-state index contributed by atoms with van der Waals surface area (Å²) in [4.78, 5) is 23.0. The van der Waals surface area contributed by atoms with Gasteiger partial charge in [0.15, 0.2) is 0 Å². The van der Waals surface area contributed by atoms with Crippen molar-refractivity contribution in [2.45, 2.75) is 0 Å². The molecule has 2 aromatic carbocycles. The zero-order valence-electron chi connectivity index (χ0n) is 11.3. The van der Waals surface area contributed by atoms with E-state index in [4.69, 9.17) is 5.11 Å². The van der Waals surface area contributed by atoms with E-state index in [1.807, 2.05) is 0 Å². The van der Waals surface area contributed by atoms with Crippen LogP contribution >= 0.6 is 0 Å². The number of amides is 2. The lowest BCUT2D eigenvalue weighted by Gasteiger charge is -2.08. The second-order valence-corrected chi connectivity index (χ2v) is 4.19. The molecule has 0 bridgehead atoms.